The van der Waals surface area contributed by atoms with Gasteiger partial charge >= 0.3 is 12.1 Å². The van der Waals surface area contributed by atoms with Gasteiger partial charge in [0.1, 0.15) is 48.8 Å². The Hall–Kier alpha value is -1.26. The van der Waals surface area contributed by atoms with Crippen LogP contribution in [-0.2, 0) is 23.7 Å². The van der Waals surface area contributed by atoms with Crippen LogP contribution in [0.15, 0.2) is 0 Å². The second-order valence-electron chi connectivity index (χ2n) is 14.1. The minimum Gasteiger partial charge on any atom is -0.475 e. The summed E-state index contributed by atoms with van der Waals surface area (Å²) in [5.74, 6) is -2.76. The number of unbranched alkanes of at least 4 members (excludes halogenated alkanes) is 13. The second-order valence-corrected chi connectivity index (χ2v) is 14.1. The van der Waals surface area contributed by atoms with Crippen molar-refractivity contribution in [2.45, 2.75) is 177 Å². The van der Waals surface area contributed by atoms with E-state index in [4.69, 9.17) is 28.8 Å². The van der Waals surface area contributed by atoms with Crippen LogP contribution in [0.1, 0.15) is 110 Å². The van der Waals surface area contributed by atoms with E-state index < -0.39 is 86.8 Å². The summed E-state index contributed by atoms with van der Waals surface area (Å²) < 4.78 is 53.9. The van der Waals surface area contributed by atoms with Crippen molar-refractivity contribution in [3.8, 4) is 0 Å². The minimum absolute atomic E-state index is 0.294. The van der Waals surface area contributed by atoms with Gasteiger partial charge < -0.3 is 69.8 Å². The van der Waals surface area contributed by atoms with Crippen LogP contribution in [0.2, 0.25) is 0 Å². The molecule has 18 heteroatoms. The summed E-state index contributed by atoms with van der Waals surface area (Å²) in [6, 6.07) is 0. The lowest BCUT2D eigenvalue weighted by Gasteiger charge is -2.39. The van der Waals surface area contributed by atoms with Gasteiger partial charge in [0.05, 0.1) is 13.2 Å². The number of nitrogens with zero attached hydrogens (tertiary/aromatic N) is 1. The number of carboxylic acid groups (broad SMARTS) is 1. The molecule has 10 atom stereocenters. The van der Waals surface area contributed by atoms with Crippen molar-refractivity contribution < 1.29 is 82.9 Å². The first-order valence-corrected chi connectivity index (χ1v) is 19.6. The maximum atomic E-state index is 10.6. The molecule has 322 valence electrons. The number of hydrogen-bond acceptors (Lipinski definition) is 14. The van der Waals surface area contributed by atoms with E-state index in [1.165, 1.54) is 70.6 Å². The molecule has 9 N–H and O–H groups in total. The number of carbonyl (C=O) groups is 1. The van der Waals surface area contributed by atoms with Crippen LogP contribution in [0.5, 0.6) is 0 Å². The Morgan fingerprint density at radius 1 is 0.556 bits per heavy atom. The van der Waals surface area contributed by atoms with Gasteiger partial charge in [-0.2, -0.15) is 13.2 Å². The van der Waals surface area contributed by atoms with Gasteiger partial charge in [-0.3, -0.25) is 0 Å². The number of hydrogen-bond donors (Lipinski definition) is 9. The van der Waals surface area contributed by atoms with E-state index in [1.54, 1.807) is 0 Å². The summed E-state index contributed by atoms with van der Waals surface area (Å²) >= 11 is 0. The van der Waals surface area contributed by atoms with Gasteiger partial charge in [0.15, 0.2) is 12.6 Å². The summed E-state index contributed by atoms with van der Waals surface area (Å²) in [4.78, 5) is 11.3. The predicted molar refractivity (Wildman–Crippen MR) is 189 cm³/mol. The Morgan fingerprint density at radius 2 is 0.870 bits per heavy atom. The molecule has 2 heterocycles. The monoisotopic (exact) mass is 795 g/mol. The van der Waals surface area contributed by atoms with E-state index in [2.05, 4.69) is 11.8 Å². The number of rotatable bonds is 27. The highest BCUT2D eigenvalue weighted by molar-refractivity contribution is 5.73. The third kappa shape index (κ3) is 20.2. The van der Waals surface area contributed by atoms with E-state index in [9.17, 15) is 54.0 Å². The molecule has 0 amide bonds. The molecular weight excluding hydrogens is 727 g/mol. The van der Waals surface area contributed by atoms with Crippen LogP contribution < -0.4 is 0 Å². The summed E-state index contributed by atoms with van der Waals surface area (Å²) in [5, 5.41) is 86.1. The van der Waals surface area contributed by atoms with Crippen LogP contribution in [0.25, 0.3) is 0 Å². The molecule has 0 radical (unpaired) electrons. The molecule has 0 aliphatic carbocycles. The highest BCUT2D eigenvalue weighted by Crippen LogP contribution is 2.24. The number of carboxylic acids is 1. The third-order valence-electron chi connectivity index (χ3n) is 9.57. The smallest absolute Gasteiger partial charge is 0.475 e. The summed E-state index contributed by atoms with van der Waals surface area (Å²) in [6.07, 6.45) is 0.761. The predicted octanol–water partition coefficient (Wildman–Crippen LogP) is 1.82. The van der Waals surface area contributed by atoms with E-state index >= 15 is 0 Å². The number of aliphatic hydroxyl groups excluding tert-OH is 8. The zero-order valence-corrected chi connectivity index (χ0v) is 31.7. The molecule has 2 rings (SSSR count). The Balaban J connectivity index is 0.00000189. The van der Waals surface area contributed by atoms with Crippen molar-refractivity contribution in [2.24, 2.45) is 0 Å². The van der Waals surface area contributed by atoms with E-state index in [-0.39, 0.29) is 0 Å². The van der Waals surface area contributed by atoms with Gasteiger partial charge in [-0.25, -0.2) is 4.79 Å². The van der Waals surface area contributed by atoms with Gasteiger partial charge in [0.25, 0.3) is 0 Å². The van der Waals surface area contributed by atoms with Crippen molar-refractivity contribution in [1.82, 2.24) is 4.90 Å². The van der Waals surface area contributed by atoms with Crippen LogP contribution in [0.3, 0.4) is 0 Å². The molecule has 0 unspecified atom stereocenters. The standard InChI is InChI=1S/C34H67NO12.C2HF3O2/c1-2-3-4-5-6-7-8-9-10-11-12-13-18-35(19-14-16-21-44-33-31(42)29(40)27(38)25(23-36)46-33)20-15-17-22-45-34-32(43)30(41)28(39)26(24-37)47-34;3-2(4,5)1(6)7/h25-34,36-43H,2-24H2,1H3;(H,6,7)/t25-,26-,27-,28-,29+,30+,31-,32-,33-,34-;/m1./s1. The van der Waals surface area contributed by atoms with E-state index in [0.29, 0.717) is 26.1 Å². The number of aliphatic hydroxyl groups is 8. The topological polar surface area (TPSA) is 239 Å². The largest absolute Gasteiger partial charge is 0.490 e. The Kier molecular flexibility index (Phi) is 27.3. The molecule has 54 heavy (non-hydrogen) atoms. The maximum Gasteiger partial charge on any atom is 0.490 e. The summed E-state index contributed by atoms with van der Waals surface area (Å²) in [6.45, 7) is 4.52. The van der Waals surface area contributed by atoms with Gasteiger partial charge in [0, 0.05) is 13.2 Å². The van der Waals surface area contributed by atoms with Gasteiger partial charge in [0.2, 0.25) is 0 Å². The first kappa shape index (κ1) is 50.8. The average molecular weight is 796 g/mol. The summed E-state index contributed by atoms with van der Waals surface area (Å²) in [5.41, 5.74) is 0. The lowest BCUT2D eigenvalue weighted by atomic mass is 9.99. The van der Waals surface area contributed by atoms with Crippen LogP contribution >= 0.6 is 0 Å². The van der Waals surface area contributed by atoms with Crippen molar-refractivity contribution in [3.63, 3.8) is 0 Å². The van der Waals surface area contributed by atoms with Crippen LogP contribution in [0.4, 0.5) is 13.2 Å². The molecule has 0 spiro atoms. The first-order valence-electron chi connectivity index (χ1n) is 19.6. The van der Waals surface area contributed by atoms with Crippen molar-refractivity contribution in [2.75, 3.05) is 46.1 Å². The van der Waals surface area contributed by atoms with Crippen LogP contribution in [-0.4, -0.2) is 170 Å². The normalized spacial score (nSPS) is 28.9. The molecule has 2 saturated heterocycles. The number of ether oxygens (including phenoxy) is 4. The lowest BCUT2D eigenvalue weighted by molar-refractivity contribution is -0.301. The molecule has 15 nitrogen and oxygen atoms in total. The Bertz CT molecular complexity index is 892. The fourth-order valence-electron chi connectivity index (χ4n) is 6.20. The quantitative estimate of drug-likeness (QED) is 0.0539. The van der Waals surface area contributed by atoms with Crippen molar-refractivity contribution in [1.29, 1.82) is 0 Å². The zero-order valence-electron chi connectivity index (χ0n) is 31.7. The van der Waals surface area contributed by atoms with Crippen LogP contribution in [0, 0.1) is 0 Å². The molecular formula is C36H68F3NO14. The fourth-order valence-corrected chi connectivity index (χ4v) is 6.20. The van der Waals surface area contributed by atoms with Crippen molar-refractivity contribution in [3.05, 3.63) is 0 Å². The molecule has 0 saturated carbocycles. The van der Waals surface area contributed by atoms with Crippen molar-refractivity contribution >= 4 is 5.97 Å². The molecule has 2 fully saturated rings. The lowest BCUT2D eigenvalue weighted by Crippen LogP contribution is -2.59. The number of aliphatic carboxylic acids is 1. The van der Waals surface area contributed by atoms with Gasteiger partial charge in [-0.05, 0) is 51.7 Å². The van der Waals surface area contributed by atoms with Gasteiger partial charge in [-0.15, -0.1) is 0 Å². The number of halogens is 3. The highest BCUT2D eigenvalue weighted by atomic mass is 19.4. The maximum absolute atomic E-state index is 10.6. The summed E-state index contributed by atoms with van der Waals surface area (Å²) in [7, 11) is 0. The second kappa shape index (κ2) is 29.0. The Morgan fingerprint density at radius 3 is 1.19 bits per heavy atom. The third-order valence-corrected chi connectivity index (χ3v) is 9.57. The van der Waals surface area contributed by atoms with E-state index in [0.717, 1.165) is 38.9 Å². The van der Waals surface area contributed by atoms with Gasteiger partial charge in [-0.1, -0.05) is 77.6 Å². The highest BCUT2D eigenvalue weighted by Gasteiger charge is 2.45. The number of alkyl halides is 3. The first-order chi connectivity index (χ1) is 25.7. The fraction of sp³-hybridized carbons (Fsp3) is 0.972. The molecule has 2 aliphatic heterocycles. The van der Waals surface area contributed by atoms with E-state index in [1.807, 2.05) is 0 Å². The average Bonchev–Trinajstić information content (AvgIpc) is 3.14. The minimum atomic E-state index is -5.08. The Labute approximate surface area is 317 Å². The molecule has 0 aromatic rings. The zero-order chi connectivity index (χ0) is 40.5. The molecule has 0 aromatic heterocycles. The SMILES string of the molecule is CCCCCCCCCCCCCCN(CCCCO[C@@H]1O[C@H](CO)[C@@H](O)[C@H](O)[C@H]1O)CCCCO[C@@H]1O[C@H](CO)[C@@H](O)[C@H](O)[C@H]1O.O=C(O)C(F)(F)F. The molecule has 0 bridgehead atoms. The molecule has 0 aromatic carbocycles. The molecule has 2 aliphatic rings.